The first-order chi connectivity index (χ1) is 9.93. The normalized spacial score (nSPS) is 23.4. The van der Waals surface area contributed by atoms with Gasteiger partial charge in [-0.1, -0.05) is 24.3 Å². The van der Waals surface area contributed by atoms with Crippen LogP contribution in [0.15, 0.2) is 41.4 Å². The van der Waals surface area contributed by atoms with Gasteiger partial charge in [-0.05, 0) is 56.6 Å². The van der Waals surface area contributed by atoms with Gasteiger partial charge < -0.3 is 4.90 Å². The number of hydrogen-bond donors (Lipinski definition) is 0. The van der Waals surface area contributed by atoms with Crippen molar-refractivity contribution in [2.24, 2.45) is 10.9 Å². The SMILES string of the molecule is C1=CCC(C=Nc2ccccc2N2CCCCC2)CC1. The van der Waals surface area contributed by atoms with Crippen LogP contribution in [0.1, 0.15) is 38.5 Å². The summed E-state index contributed by atoms with van der Waals surface area (Å²) in [4.78, 5) is 7.30. The molecule has 0 saturated carbocycles. The van der Waals surface area contributed by atoms with Crippen LogP contribution in [-0.4, -0.2) is 19.3 Å². The molecule has 1 aromatic carbocycles. The Kier molecular flexibility index (Phi) is 4.52. The molecule has 0 N–H and O–H groups in total. The number of para-hydroxylation sites is 2. The first-order valence-corrected chi connectivity index (χ1v) is 7.96. The zero-order valence-electron chi connectivity index (χ0n) is 12.2. The van der Waals surface area contributed by atoms with Gasteiger partial charge >= 0.3 is 0 Å². The zero-order valence-corrected chi connectivity index (χ0v) is 12.2. The number of rotatable bonds is 3. The van der Waals surface area contributed by atoms with Crippen LogP contribution in [0.4, 0.5) is 11.4 Å². The number of benzene rings is 1. The molecule has 106 valence electrons. The lowest BCUT2D eigenvalue weighted by molar-refractivity contribution is 0.578. The van der Waals surface area contributed by atoms with E-state index in [1.807, 2.05) is 0 Å². The molecule has 1 heterocycles. The molecule has 1 unspecified atom stereocenters. The molecular weight excluding hydrogens is 244 g/mol. The standard InChI is InChI=1S/C18H24N2/c1-3-9-16(10-4-1)15-19-17-11-5-6-12-18(17)20-13-7-2-8-14-20/h1,3,5-6,11-12,15-16H,2,4,7-10,13-14H2. The summed E-state index contributed by atoms with van der Waals surface area (Å²) in [7, 11) is 0. The van der Waals surface area contributed by atoms with Crippen molar-refractivity contribution < 1.29 is 0 Å². The highest BCUT2D eigenvalue weighted by Gasteiger charge is 2.14. The molecule has 0 radical (unpaired) electrons. The third-order valence-electron chi connectivity index (χ3n) is 4.31. The molecule has 1 aliphatic heterocycles. The van der Waals surface area contributed by atoms with E-state index in [9.17, 15) is 0 Å². The van der Waals surface area contributed by atoms with Crippen molar-refractivity contribution in [3.8, 4) is 0 Å². The number of anilines is 1. The molecule has 0 amide bonds. The molecule has 0 spiro atoms. The summed E-state index contributed by atoms with van der Waals surface area (Å²) >= 11 is 0. The molecule has 1 aliphatic carbocycles. The van der Waals surface area contributed by atoms with Crippen molar-refractivity contribution >= 4 is 17.6 Å². The zero-order chi connectivity index (χ0) is 13.6. The second-order valence-corrected chi connectivity index (χ2v) is 5.86. The van der Waals surface area contributed by atoms with Crippen molar-refractivity contribution in [2.45, 2.75) is 38.5 Å². The molecule has 2 heteroatoms. The fourth-order valence-corrected chi connectivity index (χ4v) is 3.11. The third-order valence-corrected chi connectivity index (χ3v) is 4.31. The summed E-state index contributed by atoms with van der Waals surface area (Å²) in [6, 6.07) is 8.60. The molecule has 1 fully saturated rings. The summed E-state index contributed by atoms with van der Waals surface area (Å²) < 4.78 is 0. The number of allylic oxidation sites excluding steroid dienone is 2. The van der Waals surface area contributed by atoms with Gasteiger partial charge in [-0.2, -0.15) is 0 Å². The maximum atomic E-state index is 4.80. The maximum Gasteiger partial charge on any atom is 0.0859 e. The molecule has 2 aliphatic rings. The van der Waals surface area contributed by atoms with Crippen LogP contribution < -0.4 is 4.90 Å². The Morgan fingerprint density at radius 3 is 2.70 bits per heavy atom. The highest BCUT2D eigenvalue weighted by Crippen LogP contribution is 2.30. The number of nitrogens with zero attached hydrogens (tertiary/aromatic N) is 2. The Bertz CT molecular complexity index is 484. The van der Waals surface area contributed by atoms with E-state index in [1.165, 1.54) is 50.9 Å². The predicted molar refractivity (Wildman–Crippen MR) is 87.1 cm³/mol. The Labute approximate surface area is 122 Å². The minimum atomic E-state index is 0.620. The van der Waals surface area contributed by atoms with Crippen LogP contribution in [0.2, 0.25) is 0 Å². The molecule has 3 rings (SSSR count). The van der Waals surface area contributed by atoms with E-state index in [0.717, 1.165) is 12.1 Å². The summed E-state index contributed by atoms with van der Waals surface area (Å²) in [6.07, 6.45) is 14.3. The molecule has 2 nitrogen and oxygen atoms in total. The second-order valence-electron chi connectivity index (χ2n) is 5.86. The molecule has 20 heavy (non-hydrogen) atoms. The molecule has 1 aromatic rings. The van der Waals surface area contributed by atoms with Crippen molar-refractivity contribution in [3.63, 3.8) is 0 Å². The predicted octanol–water partition coefficient (Wildman–Crippen LogP) is 4.74. The van der Waals surface area contributed by atoms with E-state index in [4.69, 9.17) is 4.99 Å². The van der Waals surface area contributed by atoms with E-state index in [1.54, 1.807) is 0 Å². The van der Waals surface area contributed by atoms with Crippen molar-refractivity contribution in [3.05, 3.63) is 36.4 Å². The van der Waals surface area contributed by atoms with Crippen molar-refractivity contribution in [1.29, 1.82) is 0 Å². The topological polar surface area (TPSA) is 15.6 Å². The van der Waals surface area contributed by atoms with Crippen LogP contribution in [0.3, 0.4) is 0 Å². The quantitative estimate of drug-likeness (QED) is 0.571. The van der Waals surface area contributed by atoms with Gasteiger partial charge in [0.15, 0.2) is 0 Å². The summed E-state index contributed by atoms with van der Waals surface area (Å²) in [5.41, 5.74) is 2.46. The Morgan fingerprint density at radius 2 is 1.90 bits per heavy atom. The van der Waals surface area contributed by atoms with Crippen molar-refractivity contribution in [2.75, 3.05) is 18.0 Å². The first-order valence-electron chi connectivity index (χ1n) is 7.96. The van der Waals surface area contributed by atoms with Crippen LogP contribution >= 0.6 is 0 Å². The van der Waals surface area contributed by atoms with E-state index >= 15 is 0 Å². The number of piperidine rings is 1. The lowest BCUT2D eigenvalue weighted by Gasteiger charge is -2.29. The van der Waals surface area contributed by atoms with Gasteiger partial charge in [-0.15, -0.1) is 0 Å². The van der Waals surface area contributed by atoms with Gasteiger partial charge in [0.25, 0.3) is 0 Å². The van der Waals surface area contributed by atoms with Crippen LogP contribution in [0, 0.1) is 5.92 Å². The molecule has 0 aromatic heterocycles. The summed E-state index contributed by atoms with van der Waals surface area (Å²) in [6.45, 7) is 2.36. The average molecular weight is 268 g/mol. The van der Waals surface area contributed by atoms with Gasteiger partial charge in [-0.25, -0.2) is 0 Å². The van der Waals surface area contributed by atoms with Gasteiger partial charge in [-0.3, -0.25) is 4.99 Å². The summed E-state index contributed by atoms with van der Waals surface area (Å²) in [5, 5.41) is 0. The van der Waals surface area contributed by atoms with Crippen LogP contribution in [0.5, 0.6) is 0 Å². The molecule has 0 bridgehead atoms. The highest BCUT2D eigenvalue weighted by molar-refractivity contribution is 5.74. The second kappa shape index (κ2) is 6.74. The smallest absolute Gasteiger partial charge is 0.0859 e. The van der Waals surface area contributed by atoms with E-state index in [2.05, 4.69) is 47.5 Å². The molecular formula is C18H24N2. The fourth-order valence-electron chi connectivity index (χ4n) is 3.11. The Balaban J connectivity index is 1.75. The van der Waals surface area contributed by atoms with Gasteiger partial charge in [0.05, 0.1) is 11.4 Å². The fraction of sp³-hybridized carbons (Fsp3) is 0.500. The lowest BCUT2D eigenvalue weighted by atomic mass is 9.96. The average Bonchev–Trinajstić information content (AvgIpc) is 2.55. The van der Waals surface area contributed by atoms with E-state index in [0.29, 0.717) is 5.92 Å². The Morgan fingerprint density at radius 1 is 1.05 bits per heavy atom. The van der Waals surface area contributed by atoms with Gasteiger partial charge in [0, 0.05) is 19.3 Å². The van der Waals surface area contributed by atoms with Crippen LogP contribution in [-0.2, 0) is 0 Å². The summed E-state index contributed by atoms with van der Waals surface area (Å²) in [5.74, 6) is 0.620. The highest BCUT2D eigenvalue weighted by atomic mass is 15.1. The molecule has 1 saturated heterocycles. The largest absolute Gasteiger partial charge is 0.370 e. The maximum absolute atomic E-state index is 4.80. The monoisotopic (exact) mass is 268 g/mol. The number of hydrogen-bond acceptors (Lipinski definition) is 2. The lowest BCUT2D eigenvalue weighted by Crippen LogP contribution is -2.29. The number of aliphatic imine (C=N–C) groups is 1. The van der Waals surface area contributed by atoms with E-state index < -0.39 is 0 Å². The minimum absolute atomic E-state index is 0.620. The molecule has 1 atom stereocenters. The van der Waals surface area contributed by atoms with Crippen LogP contribution in [0.25, 0.3) is 0 Å². The van der Waals surface area contributed by atoms with E-state index in [-0.39, 0.29) is 0 Å². The van der Waals surface area contributed by atoms with Gasteiger partial charge in [0.2, 0.25) is 0 Å². The third kappa shape index (κ3) is 3.30. The van der Waals surface area contributed by atoms with Crippen molar-refractivity contribution in [1.82, 2.24) is 0 Å². The minimum Gasteiger partial charge on any atom is -0.370 e. The first kappa shape index (κ1) is 13.4. The van der Waals surface area contributed by atoms with Gasteiger partial charge in [0.1, 0.15) is 0 Å². The Hall–Kier alpha value is -1.57.